The fourth-order valence-corrected chi connectivity index (χ4v) is 3.55. The van der Waals surface area contributed by atoms with Crippen molar-refractivity contribution in [1.29, 1.82) is 0 Å². The molecular formula is C27H29BrN2O4. The van der Waals surface area contributed by atoms with E-state index in [1.165, 1.54) is 11.8 Å². The number of nitrogens with one attached hydrogen (secondary N) is 1. The van der Waals surface area contributed by atoms with E-state index in [2.05, 4.69) is 47.2 Å². The van der Waals surface area contributed by atoms with Crippen molar-refractivity contribution < 1.29 is 19.0 Å². The summed E-state index contributed by atoms with van der Waals surface area (Å²) in [7, 11) is 1.58. The van der Waals surface area contributed by atoms with Crippen LogP contribution in [0, 0.1) is 0 Å². The van der Waals surface area contributed by atoms with Crippen molar-refractivity contribution in [2.75, 3.05) is 13.7 Å². The molecular weight excluding hydrogens is 496 g/mol. The van der Waals surface area contributed by atoms with E-state index in [0.29, 0.717) is 23.9 Å². The largest absolute Gasteiger partial charge is 0.493 e. The van der Waals surface area contributed by atoms with Crippen LogP contribution in [0.2, 0.25) is 0 Å². The molecule has 0 aliphatic rings. The molecule has 3 aromatic carbocycles. The van der Waals surface area contributed by atoms with Crippen molar-refractivity contribution in [2.45, 2.75) is 32.8 Å². The first kappa shape index (κ1) is 25.3. The number of nitrogens with zero attached hydrogens (tertiary/aromatic N) is 1. The molecule has 0 aliphatic heterocycles. The zero-order chi connectivity index (χ0) is 24.6. The van der Waals surface area contributed by atoms with E-state index in [1.807, 2.05) is 60.7 Å². The lowest BCUT2D eigenvalue weighted by atomic mass is 9.87. The van der Waals surface area contributed by atoms with E-state index < -0.39 is 0 Å². The predicted octanol–water partition coefficient (Wildman–Crippen LogP) is 5.86. The van der Waals surface area contributed by atoms with Gasteiger partial charge in [0.15, 0.2) is 18.1 Å². The quantitative estimate of drug-likeness (QED) is 0.281. The summed E-state index contributed by atoms with van der Waals surface area (Å²) in [5.41, 5.74) is 5.50. The van der Waals surface area contributed by atoms with Crippen LogP contribution < -0.4 is 19.6 Å². The third kappa shape index (κ3) is 7.35. The van der Waals surface area contributed by atoms with Crippen molar-refractivity contribution in [1.82, 2.24) is 5.43 Å². The molecule has 0 fully saturated rings. The van der Waals surface area contributed by atoms with Crippen LogP contribution in [-0.4, -0.2) is 25.8 Å². The highest BCUT2D eigenvalue weighted by Gasteiger charge is 2.15. The highest BCUT2D eigenvalue weighted by molar-refractivity contribution is 9.10. The van der Waals surface area contributed by atoms with Gasteiger partial charge in [0.1, 0.15) is 12.4 Å². The average Bonchev–Trinajstić information content (AvgIpc) is 2.82. The molecule has 7 heteroatoms. The molecule has 3 aromatic rings. The van der Waals surface area contributed by atoms with Gasteiger partial charge in [-0.2, -0.15) is 5.10 Å². The first-order chi connectivity index (χ1) is 16.3. The van der Waals surface area contributed by atoms with Crippen LogP contribution in [0.4, 0.5) is 0 Å². The second-order valence-electron chi connectivity index (χ2n) is 8.66. The molecule has 3 rings (SSSR count). The summed E-state index contributed by atoms with van der Waals surface area (Å²) in [6, 6.07) is 21.2. The number of halogens is 1. The molecule has 1 amide bonds. The van der Waals surface area contributed by atoms with Gasteiger partial charge in [-0.3, -0.25) is 4.79 Å². The van der Waals surface area contributed by atoms with Gasteiger partial charge >= 0.3 is 0 Å². The Balaban J connectivity index is 1.52. The summed E-state index contributed by atoms with van der Waals surface area (Å²) >= 11 is 3.51. The minimum Gasteiger partial charge on any atom is -0.493 e. The molecule has 0 saturated heterocycles. The summed E-state index contributed by atoms with van der Waals surface area (Å²) in [4.78, 5) is 12.1. The van der Waals surface area contributed by atoms with Crippen molar-refractivity contribution in [2.24, 2.45) is 5.10 Å². The lowest BCUT2D eigenvalue weighted by Gasteiger charge is -2.20. The molecule has 0 radical (unpaired) electrons. The Morgan fingerprint density at radius 1 is 0.971 bits per heavy atom. The third-order valence-corrected chi connectivity index (χ3v) is 5.60. The molecule has 0 heterocycles. The molecule has 0 aromatic heterocycles. The first-order valence-electron chi connectivity index (χ1n) is 10.9. The average molecular weight is 525 g/mol. The number of hydrazone groups is 1. The van der Waals surface area contributed by atoms with Crippen LogP contribution in [-0.2, 0) is 16.8 Å². The van der Waals surface area contributed by atoms with Crippen LogP contribution in [0.15, 0.2) is 76.3 Å². The Labute approximate surface area is 209 Å². The number of methoxy groups -OCH3 is 1. The van der Waals surface area contributed by atoms with Gasteiger partial charge in [0.05, 0.1) is 17.8 Å². The van der Waals surface area contributed by atoms with Gasteiger partial charge < -0.3 is 14.2 Å². The van der Waals surface area contributed by atoms with Crippen molar-refractivity contribution in [3.8, 4) is 17.2 Å². The van der Waals surface area contributed by atoms with Crippen LogP contribution in [0.5, 0.6) is 17.2 Å². The van der Waals surface area contributed by atoms with E-state index in [0.717, 1.165) is 15.6 Å². The van der Waals surface area contributed by atoms with E-state index in [1.54, 1.807) is 13.2 Å². The van der Waals surface area contributed by atoms with Crippen LogP contribution >= 0.6 is 15.9 Å². The summed E-state index contributed by atoms with van der Waals surface area (Å²) in [5, 5.41) is 4.01. The molecule has 178 valence electrons. The van der Waals surface area contributed by atoms with Crippen LogP contribution in [0.25, 0.3) is 0 Å². The van der Waals surface area contributed by atoms with Crippen LogP contribution in [0.3, 0.4) is 0 Å². The summed E-state index contributed by atoms with van der Waals surface area (Å²) in [6.45, 7) is 6.71. The van der Waals surface area contributed by atoms with Gasteiger partial charge in [0.2, 0.25) is 0 Å². The molecule has 0 atom stereocenters. The maximum absolute atomic E-state index is 12.1. The molecule has 6 nitrogen and oxygen atoms in total. The predicted molar refractivity (Wildman–Crippen MR) is 138 cm³/mol. The second-order valence-corrected chi connectivity index (χ2v) is 9.52. The van der Waals surface area contributed by atoms with Gasteiger partial charge in [-0.25, -0.2) is 5.43 Å². The SMILES string of the molecule is COc1cc(/C=N/NC(=O)COc2ccc(C(C)(C)C)cc2Br)ccc1OCc1ccccc1. The Kier molecular flexibility index (Phi) is 8.71. The van der Waals surface area contributed by atoms with Gasteiger partial charge in [-0.15, -0.1) is 0 Å². The Morgan fingerprint density at radius 2 is 1.71 bits per heavy atom. The molecule has 0 bridgehead atoms. The zero-order valence-corrected chi connectivity index (χ0v) is 21.4. The van der Waals surface area contributed by atoms with Gasteiger partial charge in [0, 0.05) is 0 Å². The topological polar surface area (TPSA) is 69.2 Å². The molecule has 1 N–H and O–H groups in total. The lowest BCUT2D eigenvalue weighted by molar-refractivity contribution is -0.123. The zero-order valence-electron chi connectivity index (χ0n) is 19.8. The van der Waals surface area contributed by atoms with E-state index in [-0.39, 0.29) is 17.9 Å². The fourth-order valence-electron chi connectivity index (χ4n) is 3.06. The Morgan fingerprint density at radius 3 is 2.38 bits per heavy atom. The van der Waals surface area contributed by atoms with Crippen molar-refractivity contribution in [3.05, 3.63) is 87.9 Å². The van der Waals surface area contributed by atoms with E-state index >= 15 is 0 Å². The maximum Gasteiger partial charge on any atom is 0.277 e. The van der Waals surface area contributed by atoms with E-state index in [4.69, 9.17) is 14.2 Å². The van der Waals surface area contributed by atoms with Crippen molar-refractivity contribution >= 4 is 28.1 Å². The first-order valence-corrected chi connectivity index (χ1v) is 11.6. The molecule has 34 heavy (non-hydrogen) atoms. The number of hydrogen-bond acceptors (Lipinski definition) is 5. The highest BCUT2D eigenvalue weighted by Crippen LogP contribution is 2.31. The smallest absolute Gasteiger partial charge is 0.277 e. The third-order valence-electron chi connectivity index (χ3n) is 4.98. The number of rotatable bonds is 9. The normalized spacial score (nSPS) is 11.3. The summed E-state index contributed by atoms with van der Waals surface area (Å²) in [5.74, 6) is 1.45. The van der Waals surface area contributed by atoms with Gasteiger partial charge in [-0.1, -0.05) is 57.2 Å². The number of carbonyl (C=O) groups excluding carboxylic acids is 1. The number of amides is 1. The van der Waals surface area contributed by atoms with E-state index in [9.17, 15) is 4.79 Å². The number of ether oxygens (including phenoxy) is 3. The standard InChI is InChI=1S/C27H29BrN2O4/c1-27(2,3)21-11-13-23(22(28)15-21)34-18-26(31)30-29-16-20-10-12-24(25(14-20)32-4)33-17-19-8-6-5-7-9-19/h5-16H,17-18H2,1-4H3,(H,30,31)/b29-16+. The maximum atomic E-state index is 12.1. The molecule has 0 saturated carbocycles. The monoisotopic (exact) mass is 524 g/mol. The van der Waals surface area contributed by atoms with Crippen molar-refractivity contribution in [3.63, 3.8) is 0 Å². The second kappa shape index (κ2) is 11.7. The molecule has 0 spiro atoms. The Bertz CT molecular complexity index is 1140. The van der Waals surface area contributed by atoms with Crippen LogP contribution in [0.1, 0.15) is 37.5 Å². The summed E-state index contributed by atoms with van der Waals surface area (Å²) in [6.07, 6.45) is 1.54. The molecule has 0 unspecified atom stereocenters. The number of benzene rings is 3. The number of carbonyl (C=O) groups is 1. The van der Waals surface area contributed by atoms with Gasteiger partial charge in [0.25, 0.3) is 5.91 Å². The summed E-state index contributed by atoms with van der Waals surface area (Å²) < 4.78 is 17.7. The lowest BCUT2D eigenvalue weighted by Crippen LogP contribution is -2.24. The Hall–Kier alpha value is -3.32. The van der Waals surface area contributed by atoms with Gasteiger partial charge in [-0.05, 0) is 68.4 Å². The fraction of sp³-hybridized carbons (Fsp3) is 0.259. The minimum absolute atomic E-state index is 0.0298. The minimum atomic E-state index is -0.363. The number of hydrogen-bond donors (Lipinski definition) is 1. The molecule has 0 aliphatic carbocycles. The highest BCUT2D eigenvalue weighted by atomic mass is 79.9.